The van der Waals surface area contributed by atoms with Crippen LogP contribution in [-0.4, -0.2) is 31.6 Å². The topological polar surface area (TPSA) is 38.8 Å². The molecule has 0 heterocycles. The van der Waals surface area contributed by atoms with Gasteiger partial charge in [0.05, 0.1) is 24.8 Å². The van der Waals surface area contributed by atoms with E-state index in [-0.39, 0.29) is 5.91 Å². The van der Waals surface area contributed by atoms with Gasteiger partial charge in [0.25, 0.3) is 5.91 Å². The Kier molecular flexibility index (Phi) is 7.61. The summed E-state index contributed by atoms with van der Waals surface area (Å²) in [6.07, 6.45) is 0.650. The Balaban J connectivity index is 1.85. The number of halogens is 2. The van der Waals surface area contributed by atoms with Crippen molar-refractivity contribution in [2.75, 3.05) is 20.8 Å². The summed E-state index contributed by atoms with van der Waals surface area (Å²) < 4.78 is 10.7. The number of hydrogen-bond donors (Lipinski definition) is 0. The molecule has 0 aliphatic carbocycles. The number of hydrogen-bond acceptors (Lipinski definition) is 3. The van der Waals surface area contributed by atoms with E-state index in [1.165, 1.54) is 0 Å². The van der Waals surface area contributed by atoms with Gasteiger partial charge < -0.3 is 14.4 Å². The molecule has 0 atom stereocenters. The third-order valence-electron chi connectivity index (χ3n) is 4.82. The number of carbonyl (C=O) groups is 1. The monoisotopic (exact) mass is 443 g/mol. The molecule has 0 bridgehead atoms. The van der Waals surface area contributed by atoms with Gasteiger partial charge in [-0.3, -0.25) is 4.79 Å². The van der Waals surface area contributed by atoms with Crippen molar-refractivity contribution in [3.63, 3.8) is 0 Å². The van der Waals surface area contributed by atoms with Crippen molar-refractivity contribution in [1.29, 1.82) is 0 Å². The van der Waals surface area contributed by atoms with Crippen LogP contribution in [0.5, 0.6) is 11.5 Å². The minimum atomic E-state index is -0.151. The highest BCUT2D eigenvalue weighted by Crippen LogP contribution is 2.24. The third kappa shape index (κ3) is 5.47. The van der Waals surface area contributed by atoms with E-state index in [1.807, 2.05) is 48.5 Å². The molecule has 0 spiro atoms. The number of benzene rings is 3. The highest BCUT2D eigenvalue weighted by molar-refractivity contribution is 6.36. The molecule has 0 N–H and O–H groups in total. The van der Waals surface area contributed by atoms with Crippen LogP contribution in [0.15, 0.2) is 66.7 Å². The van der Waals surface area contributed by atoms with Crippen molar-refractivity contribution in [2.24, 2.45) is 0 Å². The molecule has 1 amide bonds. The van der Waals surface area contributed by atoms with Crippen molar-refractivity contribution in [2.45, 2.75) is 13.0 Å². The maximum atomic E-state index is 13.3. The second-order valence-corrected chi connectivity index (χ2v) is 7.60. The molecular formula is C24H23Cl2NO3. The van der Waals surface area contributed by atoms with Crippen molar-refractivity contribution < 1.29 is 14.3 Å². The van der Waals surface area contributed by atoms with Gasteiger partial charge in [-0.25, -0.2) is 0 Å². The average Bonchev–Trinajstić information content (AvgIpc) is 2.76. The molecule has 6 heteroatoms. The number of ether oxygens (including phenoxy) is 2. The Hall–Kier alpha value is -2.69. The standard InChI is InChI=1S/C24H23Cl2NO3/c1-29-20-10-7-17(8-11-20)16-27(14-13-18-5-3-4-6-23(18)30-2)24(28)21-12-9-19(25)15-22(21)26/h3-12,15H,13-14,16H2,1-2H3. The molecule has 156 valence electrons. The maximum Gasteiger partial charge on any atom is 0.255 e. The smallest absolute Gasteiger partial charge is 0.255 e. The predicted molar refractivity (Wildman–Crippen MR) is 121 cm³/mol. The predicted octanol–water partition coefficient (Wildman–Crippen LogP) is 5.90. The zero-order valence-corrected chi connectivity index (χ0v) is 18.4. The van der Waals surface area contributed by atoms with Crippen LogP contribution in [0.4, 0.5) is 0 Å². The van der Waals surface area contributed by atoms with Crippen LogP contribution in [0.3, 0.4) is 0 Å². The van der Waals surface area contributed by atoms with Crippen molar-refractivity contribution in [3.05, 3.63) is 93.5 Å². The summed E-state index contributed by atoms with van der Waals surface area (Å²) in [6, 6.07) is 20.4. The molecule has 0 aliphatic rings. The first kappa shape index (κ1) is 22.0. The SMILES string of the molecule is COc1ccc(CN(CCc2ccccc2OC)C(=O)c2ccc(Cl)cc2Cl)cc1. The van der Waals surface area contributed by atoms with E-state index < -0.39 is 0 Å². The number of methoxy groups -OCH3 is 2. The fraction of sp³-hybridized carbons (Fsp3) is 0.208. The summed E-state index contributed by atoms with van der Waals surface area (Å²) in [4.78, 5) is 15.1. The van der Waals surface area contributed by atoms with Gasteiger partial charge in [0.15, 0.2) is 0 Å². The summed E-state index contributed by atoms with van der Waals surface area (Å²) in [5, 5.41) is 0.830. The van der Waals surface area contributed by atoms with Gasteiger partial charge in [-0.05, 0) is 53.9 Å². The minimum Gasteiger partial charge on any atom is -0.497 e. The van der Waals surface area contributed by atoms with Crippen LogP contribution in [0.25, 0.3) is 0 Å². The van der Waals surface area contributed by atoms with E-state index in [9.17, 15) is 4.79 Å². The molecule has 4 nitrogen and oxygen atoms in total. The fourth-order valence-corrected chi connectivity index (χ4v) is 3.69. The molecule has 0 aromatic heterocycles. The maximum absolute atomic E-state index is 13.3. The van der Waals surface area contributed by atoms with Crippen molar-refractivity contribution in [1.82, 2.24) is 4.90 Å². The van der Waals surface area contributed by atoms with E-state index in [0.717, 1.165) is 22.6 Å². The van der Waals surface area contributed by atoms with Gasteiger partial charge in [-0.2, -0.15) is 0 Å². The second-order valence-electron chi connectivity index (χ2n) is 6.76. The van der Waals surface area contributed by atoms with Crippen molar-refractivity contribution in [3.8, 4) is 11.5 Å². The van der Waals surface area contributed by atoms with E-state index in [4.69, 9.17) is 32.7 Å². The lowest BCUT2D eigenvalue weighted by atomic mass is 10.1. The number of para-hydroxylation sites is 1. The van der Waals surface area contributed by atoms with Gasteiger partial charge >= 0.3 is 0 Å². The first-order chi connectivity index (χ1) is 14.5. The third-order valence-corrected chi connectivity index (χ3v) is 5.37. The average molecular weight is 444 g/mol. The quantitative estimate of drug-likeness (QED) is 0.435. The van der Waals surface area contributed by atoms with E-state index in [0.29, 0.717) is 35.1 Å². The lowest BCUT2D eigenvalue weighted by Gasteiger charge is -2.24. The van der Waals surface area contributed by atoms with Crippen molar-refractivity contribution >= 4 is 29.1 Å². The van der Waals surface area contributed by atoms with Gasteiger partial charge in [0, 0.05) is 18.1 Å². The molecule has 0 saturated heterocycles. The molecule has 3 rings (SSSR count). The Morgan fingerprint density at radius 1 is 0.933 bits per heavy atom. The highest BCUT2D eigenvalue weighted by Gasteiger charge is 2.20. The minimum absolute atomic E-state index is 0.151. The zero-order chi connectivity index (χ0) is 21.5. The van der Waals surface area contributed by atoms with E-state index in [1.54, 1.807) is 37.3 Å². The Morgan fingerprint density at radius 2 is 1.67 bits per heavy atom. The Morgan fingerprint density at radius 3 is 2.33 bits per heavy atom. The number of nitrogens with zero attached hydrogens (tertiary/aromatic N) is 1. The molecule has 0 saturated carbocycles. The van der Waals surface area contributed by atoms with Crippen LogP contribution < -0.4 is 9.47 Å². The van der Waals surface area contributed by atoms with Gasteiger partial charge in [-0.15, -0.1) is 0 Å². The molecule has 0 fully saturated rings. The first-order valence-corrected chi connectivity index (χ1v) is 10.3. The molecule has 3 aromatic rings. The number of amides is 1. The molecule has 3 aromatic carbocycles. The summed E-state index contributed by atoms with van der Waals surface area (Å²) in [5.74, 6) is 1.42. The highest BCUT2D eigenvalue weighted by atomic mass is 35.5. The molecule has 30 heavy (non-hydrogen) atoms. The van der Waals surface area contributed by atoms with Crippen LogP contribution in [-0.2, 0) is 13.0 Å². The number of rotatable bonds is 8. The fourth-order valence-electron chi connectivity index (χ4n) is 3.20. The van der Waals surface area contributed by atoms with Crippen LogP contribution in [0, 0.1) is 0 Å². The van der Waals surface area contributed by atoms with Crippen LogP contribution in [0.2, 0.25) is 10.0 Å². The largest absolute Gasteiger partial charge is 0.497 e. The van der Waals surface area contributed by atoms with Gasteiger partial charge in [-0.1, -0.05) is 53.5 Å². The van der Waals surface area contributed by atoms with Gasteiger partial charge in [0.2, 0.25) is 0 Å². The summed E-state index contributed by atoms with van der Waals surface area (Å²) >= 11 is 12.3. The molecule has 0 unspecified atom stereocenters. The lowest BCUT2D eigenvalue weighted by Crippen LogP contribution is -2.32. The lowest BCUT2D eigenvalue weighted by molar-refractivity contribution is 0.0745. The van der Waals surface area contributed by atoms with E-state index >= 15 is 0 Å². The normalized spacial score (nSPS) is 10.5. The second kappa shape index (κ2) is 10.4. The first-order valence-electron chi connectivity index (χ1n) is 9.51. The Bertz CT molecular complexity index is 1010. The zero-order valence-electron chi connectivity index (χ0n) is 16.9. The Labute approximate surface area is 186 Å². The molecule has 0 radical (unpaired) electrons. The number of carbonyl (C=O) groups excluding carboxylic acids is 1. The summed E-state index contributed by atoms with van der Waals surface area (Å²) in [7, 11) is 3.27. The van der Waals surface area contributed by atoms with E-state index in [2.05, 4.69) is 0 Å². The molecule has 0 aliphatic heterocycles. The van der Waals surface area contributed by atoms with Crippen LogP contribution >= 0.6 is 23.2 Å². The summed E-state index contributed by atoms with van der Waals surface area (Å²) in [6.45, 7) is 0.946. The van der Waals surface area contributed by atoms with Gasteiger partial charge in [0.1, 0.15) is 11.5 Å². The summed E-state index contributed by atoms with van der Waals surface area (Å²) in [5.41, 5.74) is 2.46. The van der Waals surface area contributed by atoms with Crippen LogP contribution in [0.1, 0.15) is 21.5 Å². The molecular weight excluding hydrogens is 421 g/mol.